The Labute approximate surface area is 103 Å². The van der Waals surface area contributed by atoms with E-state index in [4.69, 9.17) is 16.7 Å². The average molecular weight is 291 g/mol. The van der Waals surface area contributed by atoms with Gasteiger partial charge in [-0.1, -0.05) is 17.7 Å². The normalized spacial score (nSPS) is 21.0. The Hall–Kier alpha value is -0.250. The molecule has 1 aliphatic rings. The predicted molar refractivity (Wildman–Crippen MR) is 66.6 cm³/mol. The van der Waals surface area contributed by atoms with Crippen LogP contribution in [0, 0.1) is 5.92 Å². The molecule has 0 spiro atoms. The highest BCUT2D eigenvalue weighted by atomic mass is 79.9. The Morgan fingerprint density at radius 3 is 3.00 bits per heavy atom. The van der Waals surface area contributed by atoms with Gasteiger partial charge in [-0.05, 0) is 34.5 Å². The summed E-state index contributed by atoms with van der Waals surface area (Å²) >= 11 is 9.54. The molecule has 2 nitrogen and oxygen atoms in total. The van der Waals surface area contributed by atoms with Crippen LogP contribution in [0.2, 0.25) is 5.02 Å². The number of halogens is 2. The molecule has 0 bridgehead atoms. The van der Waals surface area contributed by atoms with Gasteiger partial charge in [0.05, 0.1) is 15.2 Å². The first-order valence-corrected chi connectivity index (χ1v) is 6.19. The van der Waals surface area contributed by atoms with Gasteiger partial charge in [-0.2, -0.15) is 0 Å². The van der Waals surface area contributed by atoms with Crippen molar-refractivity contribution in [1.82, 2.24) is 0 Å². The minimum absolute atomic E-state index is 0.273. The van der Waals surface area contributed by atoms with E-state index in [0.29, 0.717) is 5.92 Å². The summed E-state index contributed by atoms with van der Waals surface area (Å²) in [4.78, 5) is 2.26. The summed E-state index contributed by atoms with van der Waals surface area (Å²) in [6, 6.07) is 5.87. The number of benzene rings is 1. The van der Waals surface area contributed by atoms with Gasteiger partial charge in [-0.15, -0.1) is 0 Å². The molecular weight excluding hydrogens is 277 g/mol. The minimum atomic E-state index is 0.273. The van der Waals surface area contributed by atoms with Crippen LogP contribution >= 0.6 is 27.5 Å². The van der Waals surface area contributed by atoms with Gasteiger partial charge in [0.2, 0.25) is 0 Å². The third-order valence-electron chi connectivity index (χ3n) is 2.82. The lowest BCUT2D eigenvalue weighted by atomic mass is 10.1. The Morgan fingerprint density at radius 2 is 2.33 bits per heavy atom. The van der Waals surface area contributed by atoms with Crippen LogP contribution in [0.1, 0.15) is 6.42 Å². The molecule has 0 amide bonds. The van der Waals surface area contributed by atoms with Crippen LogP contribution in [0.5, 0.6) is 0 Å². The molecule has 1 N–H and O–H groups in total. The molecule has 0 aromatic heterocycles. The fourth-order valence-electron chi connectivity index (χ4n) is 1.94. The molecule has 15 heavy (non-hydrogen) atoms. The van der Waals surface area contributed by atoms with E-state index in [1.54, 1.807) is 0 Å². The van der Waals surface area contributed by atoms with E-state index in [1.807, 2.05) is 12.1 Å². The quantitative estimate of drug-likeness (QED) is 0.905. The van der Waals surface area contributed by atoms with Gasteiger partial charge in [-0.3, -0.25) is 0 Å². The van der Waals surface area contributed by atoms with E-state index < -0.39 is 0 Å². The molecule has 1 aromatic rings. The number of anilines is 1. The van der Waals surface area contributed by atoms with Crippen molar-refractivity contribution >= 4 is 33.2 Å². The van der Waals surface area contributed by atoms with Crippen LogP contribution in [0.25, 0.3) is 0 Å². The van der Waals surface area contributed by atoms with Crippen molar-refractivity contribution in [3.63, 3.8) is 0 Å². The molecule has 1 fully saturated rings. The molecule has 1 aromatic carbocycles. The largest absolute Gasteiger partial charge is 0.396 e. The smallest absolute Gasteiger partial charge is 0.0595 e. The molecule has 1 aliphatic heterocycles. The summed E-state index contributed by atoms with van der Waals surface area (Å²) < 4.78 is 0.949. The van der Waals surface area contributed by atoms with Gasteiger partial charge in [0.25, 0.3) is 0 Å². The van der Waals surface area contributed by atoms with Gasteiger partial charge in [0, 0.05) is 25.6 Å². The van der Waals surface area contributed by atoms with Crippen molar-refractivity contribution < 1.29 is 5.11 Å². The lowest BCUT2D eigenvalue weighted by molar-refractivity contribution is 0.238. The van der Waals surface area contributed by atoms with Gasteiger partial charge in [0.15, 0.2) is 0 Å². The fourth-order valence-corrected chi connectivity index (χ4v) is 2.62. The first-order valence-electron chi connectivity index (χ1n) is 5.02. The zero-order valence-corrected chi connectivity index (χ0v) is 10.6. The molecule has 0 radical (unpaired) electrons. The average Bonchev–Trinajstić information content (AvgIpc) is 2.70. The Balaban J connectivity index is 2.20. The summed E-state index contributed by atoms with van der Waals surface area (Å²) in [5, 5.41) is 9.83. The number of aliphatic hydroxyl groups excluding tert-OH is 1. The maximum Gasteiger partial charge on any atom is 0.0595 e. The Kier molecular flexibility index (Phi) is 3.54. The molecule has 4 heteroatoms. The van der Waals surface area contributed by atoms with Crippen molar-refractivity contribution in [3.8, 4) is 0 Å². The second kappa shape index (κ2) is 4.73. The summed E-state index contributed by atoms with van der Waals surface area (Å²) in [7, 11) is 0. The zero-order chi connectivity index (χ0) is 10.8. The predicted octanol–water partition coefficient (Wildman–Crippen LogP) is 2.92. The molecule has 1 unspecified atom stereocenters. The maximum absolute atomic E-state index is 9.09. The van der Waals surface area contributed by atoms with Crippen LogP contribution in [0.15, 0.2) is 22.7 Å². The lowest BCUT2D eigenvalue weighted by Gasteiger charge is -2.20. The molecule has 82 valence electrons. The number of rotatable bonds is 2. The molecule has 0 aliphatic carbocycles. The molecule has 1 heterocycles. The van der Waals surface area contributed by atoms with Crippen LogP contribution in [-0.2, 0) is 0 Å². The van der Waals surface area contributed by atoms with Gasteiger partial charge < -0.3 is 10.0 Å². The molecular formula is C11H13BrClNO. The van der Waals surface area contributed by atoms with E-state index >= 15 is 0 Å². The highest BCUT2D eigenvalue weighted by Gasteiger charge is 2.23. The third kappa shape index (κ3) is 2.30. The summed E-state index contributed by atoms with van der Waals surface area (Å²) in [5.41, 5.74) is 1.12. The van der Waals surface area contributed by atoms with E-state index in [0.717, 1.165) is 34.7 Å². The monoisotopic (exact) mass is 289 g/mol. The highest BCUT2D eigenvalue weighted by Crippen LogP contribution is 2.35. The second-order valence-electron chi connectivity index (χ2n) is 3.86. The molecule has 1 saturated heterocycles. The van der Waals surface area contributed by atoms with Gasteiger partial charge in [-0.25, -0.2) is 0 Å². The highest BCUT2D eigenvalue weighted by molar-refractivity contribution is 9.10. The molecule has 0 saturated carbocycles. The van der Waals surface area contributed by atoms with Crippen molar-refractivity contribution in [1.29, 1.82) is 0 Å². The van der Waals surface area contributed by atoms with Crippen LogP contribution in [0.3, 0.4) is 0 Å². The van der Waals surface area contributed by atoms with Crippen molar-refractivity contribution in [3.05, 3.63) is 27.7 Å². The molecule has 2 rings (SSSR count). The topological polar surface area (TPSA) is 23.5 Å². The van der Waals surface area contributed by atoms with Crippen molar-refractivity contribution in [2.75, 3.05) is 24.6 Å². The fraction of sp³-hybridized carbons (Fsp3) is 0.455. The SMILES string of the molecule is OCC1CCN(c2cccc(Cl)c2Br)C1. The second-order valence-corrected chi connectivity index (χ2v) is 5.06. The summed E-state index contributed by atoms with van der Waals surface area (Å²) in [6.07, 6.45) is 1.05. The van der Waals surface area contributed by atoms with Crippen molar-refractivity contribution in [2.24, 2.45) is 5.92 Å². The van der Waals surface area contributed by atoms with E-state index in [9.17, 15) is 0 Å². The van der Waals surface area contributed by atoms with E-state index in [1.165, 1.54) is 0 Å². The van der Waals surface area contributed by atoms with Crippen molar-refractivity contribution in [2.45, 2.75) is 6.42 Å². The maximum atomic E-state index is 9.09. The number of hydrogen-bond donors (Lipinski definition) is 1. The summed E-state index contributed by atoms with van der Waals surface area (Å²) in [5.74, 6) is 0.399. The summed E-state index contributed by atoms with van der Waals surface area (Å²) in [6.45, 7) is 2.17. The molecule has 1 atom stereocenters. The number of aliphatic hydroxyl groups is 1. The van der Waals surface area contributed by atoms with Gasteiger partial charge in [0.1, 0.15) is 0 Å². The van der Waals surface area contributed by atoms with Crippen LogP contribution < -0.4 is 4.90 Å². The van der Waals surface area contributed by atoms with Crippen LogP contribution in [-0.4, -0.2) is 24.8 Å². The number of hydrogen-bond acceptors (Lipinski definition) is 2. The van der Waals surface area contributed by atoms with Gasteiger partial charge >= 0.3 is 0 Å². The third-order valence-corrected chi connectivity index (χ3v) is 4.19. The number of nitrogens with zero attached hydrogens (tertiary/aromatic N) is 1. The standard InChI is InChI=1S/C11H13BrClNO/c12-11-9(13)2-1-3-10(11)14-5-4-8(6-14)7-15/h1-3,8,15H,4-7H2. The first kappa shape index (κ1) is 11.2. The minimum Gasteiger partial charge on any atom is -0.396 e. The van der Waals surface area contributed by atoms with Crippen LogP contribution in [0.4, 0.5) is 5.69 Å². The van der Waals surface area contributed by atoms with E-state index in [2.05, 4.69) is 26.9 Å². The Morgan fingerprint density at radius 1 is 1.53 bits per heavy atom. The Bertz CT molecular complexity index is 358. The lowest BCUT2D eigenvalue weighted by Crippen LogP contribution is -2.20. The zero-order valence-electron chi connectivity index (χ0n) is 8.29. The first-order chi connectivity index (χ1) is 7.22. The van der Waals surface area contributed by atoms with E-state index in [-0.39, 0.29) is 6.61 Å².